The van der Waals surface area contributed by atoms with Crippen LogP contribution in [-0.2, 0) is 11.3 Å². The lowest BCUT2D eigenvalue weighted by Crippen LogP contribution is -2.35. The number of nitrogens with two attached hydrogens (primary N) is 1. The number of carbonyl (C=O) groups is 1. The Morgan fingerprint density at radius 3 is 2.53 bits per heavy atom. The zero-order valence-electron chi connectivity index (χ0n) is 10.4. The van der Waals surface area contributed by atoms with E-state index in [0.717, 1.165) is 0 Å². The number of anilines is 1. The molecular weight excluding hydrogens is 221 g/mol. The molecule has 94 valence electrons. The van der Waals surface area contributed by atoms with E-state index in [1.54, 1.807) is 38.2 Å². The molecule has 0 unspecified atom stereocenters. The van der Waals surface area contributed by atoms with Crippen molar-refractivity contribution in [1.82, 2.24) is 4.90 Å². The Bertz CT molecular complexity index is 407. The topological polar surface area (TPSA) is 49.6 Å². The van der Waals surface area contributed by atoms with E-state index in [-0.39, 0.29) is 24.8 Å². The van der Waals surface area contributed by atoms with Crippen molar-refractivity contribution in [3.63, 3.8) is 0 Å². The highest BCUT2D eigenvalue weighted by Crippen LogP contribution is 2.22. The molecule has 0 aliphatic rings. The lowest BCUT2D eigenvalue weighted by Gasteiger charge is -2.23. The number of rotatable bonds is 4. The minimum Gasteiger partial charge on any atom is -0.363 e. The molecule has 4 nitrogen and oxygen atoms in total. The molecule has 0 aliphatic heterocycles. The van der Waals surface area contributed by atoms with Crippen LogP contribution in [0.3, 0.4) is 0 Å². The van der Waals surface area contributed by atoms with Crippen molar-refractivity contribution < 1.29 is 9.18 Å². The molecule has 0 saturated heterocycles. The maximum atomic E-state index is 13.7. The first-order valence-electron chi connectivity index (χ1n) is 5.36. The minimum absolute atomic E-state index is 0.0845. The summed E-state index contributed by atoms with van der Waals surface area (Å²) in [6.45, 7) is 0.370. The number of para-hydroxylation sites is 1. The first-order chi connectivity index (χ1) is 7.97. The average Bonchev–Trinajstić information content (AvgIpc) is 2.27. The molecule has 0 bridgehead atoms. The summed E-state index contributed by atoms with van der Waals surface area (Å²) in [6, 6.07) is 4.74. The van der Waals surface area contributed by atoms with Crippen molar-refractivity contribution in [2.24, 2.45) is 5.73 Å². The van der Waals surface area contributed by atoms with E-state index in [0.29, 0.717) is 11.3 Å². The van der Waals surface area contributed by atoms with Gasteiger partial charge in [0.25, 0.3) is 0 Å². The maximum absolute atomic E-state index is 13.7. The fourth-order valence-corrected chi connectivity index (χ4v) is 1.58. The van der Waals surface area contributed by atoms with Gasteiger partial charge in [-0.1, -0.05) is 12.1 Å². The minimum atomic E-state index is -0.359. The maximum Gasteiger partial charge on any atom is 0.241 e. The van der Waals surface area contributed by atoms with Crippen molar-refractivity contribution in [2.75, 3.05) is 32.6 Å². The van der Waals surface area contributed by atoms with Gasteiger partial charge >= 0.3 is 0 Å². The summed E-state index contributed by atoms with van der Waals surface area (Å²) in [4.78, 5) is 14.6. The average molecular weight is 239 g/mol. The summed E-state index contributed by atoms with van der Waals surface area (Å²) in [7, 11) is 5.02. The Morgan fingerprint density at radius 1 is 1.35 bits per heavy atom. The molecule has 5 heteroatoms. The van der Waals surface area contributed by atoms with Crippen LogP contribution in [0.15, 0.2) is 18.2 Å². The Kier molecular flexibility index (Phi) is 4.45. The van der Waals surface area contributed by atoms with Crippen molar-refractivity contribution >= 4 is 11.6 Å². The zero-order chi connectivity index (χ0) is 13.0. The molecule has 0 aliphatic carbocycles. The van der Waals surface area contributed by atoms with E-state index in [9.17, 15) is 9.18 Å². The molecule has 2 N–H and O–H groups in total. The van der Waals surface area contributed by atoms with Gasteiger partial charge in [0.05, 0.1) is 12.2 Å². The third-order valence-corrected chi connectivity index (χ3v) is 2.54. The van der Waals surface area contributed by atoms with Crippen LogP contribution in [0.2, 0.25) is 0 Å². The van der Waals surface area contributed by atoms with Gasteiger partial charge in [-0.25, -0.2) is 4.39 Å². The van der Waals surface area contributed by atoms with Gasteiger partial charge < -0.3 is 15.5 Å². The highest BCUT2D eigenvalue weighted by molar-refractivity contribution is 5.81. The number of halogens is 1. The zero-order valence-corrected chi connectivity index (χ0v) is 10.4. The van der Waals surface area contributed by atoms with E-state index in [1.807, 2.05) is 0 Å². The predicted octanol–water partition coefficient (Wildman–Crippen LogP) is 0.809. The van der Waals surface area contributed by atoms with E-state index in [1.165, 1.54) is 11.0 Å². The standard InChI is InChI=1S/C12H18FN3O/c1-15(2)11(17)8-16(3)12-9(7-14)5-4-6-10(12)13/h4-6H,7-8,14H2,1-3H3. The Labute approximate surface area is 101 Å². The summed E-state index contributed by atoms with van der Waals surface area (Å²) in [5.74, 6) is -0.444. The summed E-state index contributed by atoms with van der Waals surface area (Å²) in [5.41, 5.74) is 6.65. The van der Waals surface area contributed by atoms with Gasteiger partial charge in [0, 0.05) is 27.7 Å². The molecule has 17 heavy (non-hydrogen) atoms. The second-order valence-electron chi connectivity index (χ2n) is 4.10. The summed E-state index contributed by atoms with van der Waals surface area (Å²) >= 11 is 0. The van der Waals surface area contributed by atoms with Gasteiger partial charge in [-0.05, 0) is 11.6 Å². The fourth-order valence-electron chi connectivity index (χ4n) is 1.58. The van der Waals surface area contributed by atoms with E-state index >= 15 is 0 Å². The molecule has 1 amide bonds. The van der Waals surface area contributed by atoms with Gasteiger partial charge in [-0.15, -0.1) is 0 Å². The molecule has 0 atom stereocenters. The highest BCUT2D eigenvalue weighted by atomic mass is 19.1. The smallest absolute Gasteiger partial charge is 0.241 e. The largest absolute Gasteiger partial charge is 0.363 e. The molecule has 0 spiro atoms. The first-order valence-corrected chi connectivity index (χ1v) is 5.36. The second kappa shape index (κ2) is 5.63. The van der Waals surface area contributed by atoms with Crippen LogP contribution < -0.4 is 10.6 Å². The third kappa shape index (κ3) is 3.17. The number of benzene rings is 1. The number of hydrogen-bond donors (Lipinski definition) is 1. The Balaban J connectivity index is 2.95. The number of nitrogens with zero attached hydrogens (tertiary/aromatic N) is 2. The SMILES string of the molecule is CN(C)C(=O)CN(C)c1c(F)cccc1CN. The van der Waals surface area contributed by atoms with Crippen LogP contribution in [0.4, 0.5) is 10.1 Å². The molecule has 0 aromatic heterocycles. The molecule has 0 radical (unpaired) electrons. The number of amides is 1. The molecule has 0 heterocycles. The molecule has 1 aromatic rings. The van der Waals surface area contributed by atoms with Crippen LogP contribution in [0, 0.1) is 5.82 Å². The predicted molar refractivity (Wildman–Crippen MR) is 66.3 cm³/mol. The molecule has 1 rings (SSSR count). The van der Waals surface area contributed by atoms with Crippen LogP contribution in [0.5, 0.6) is 0 Å². The van der Waals surface area contributed by atoms with E-state index in [4.69, 9.17) is 5.73 Å². The van der Waals surface area contributed by atoms with Crippen molar-refractivity contribution in [1.29, 1.82) is 0 Å². The highest BCUT2D eigenvalue weighted by Gasteiger charge is 2.15. The second-order valence-corrected chi connectivity index (χ2v) is 4.10. The summed E-state index contributed by atoms with van der Waals surface area (Å²) in [6.07, 6.45) is 0. The fraction of sp³-hybridized carbons (Fsp3) is 0.417. The van der Waals surface area contributed by atoms with Crippen molar-refractivity contribution in [3.05, 3.63) is 29.6 Å². The first kappa shape index (κ1) is 13.4. The number of hydrogen-bond acceptors (Lipinski definition) is 3. The number of carbonyl (C=O) groups excluding carboxylic acids is 1. The van der Waals surface area contributed by atoms with Gasteiger partial charge in [0.2, 0.25) is 5.91 Å². The van der Waals surface area contributed by atoms with Crippen molar-refractivity contribution in [3.8, 4) is 0 Å². The monoisotopic (exact) mass is 239 g/mol. The van der Waals surface area contributed by atoms with E-state index in [2.05, 4.69) is 0 Å². The van der Waals surface area contributed by atoms with Crippen LogP contribution in [0.1, 0.15) is 5.56 Å². The third-order valence-electron chi connectivity index (χ3n) is 2.54. The summed E-state index contributed by atoms with van der Waals surface area (Å²) in [5, 5.41) is 0. The lowest BCUT2D eigenvalue weighted by atomic mass is 10.1. The van der Waals surface area contributed by atoms with Crippen LogP contribution >= 0.6 is 0 Å². The molecule has 0 fully saturated rings. The van der Waals surface area contributed by atoms with Gasteiger partial charge in [0.1, 0.15) is 5.82 Å². The molecule has 0 saturated carbocycles. The quantitative estimate of drug-likeness (QED) is 0.846. The van der Waals surface area contributed by atoms with Gasteiger partial charge in [-0.3, -0.25) is 4.79 Å². The normalized spacial score (nSPS) is 10.2. The summed E-state index contributed by atoms with van der Waals surface area (Å²) < 4.78 is 13.7. The lowest BCUT2D eigenvalue weighted by molar-refractivity contribution is -0.127. The van der Waals surface area contributed by atoms with Crippen LogP contribution in [0.25, 0.3) is 0 Å². The Morgan fingerprint density at radius 2 is 2.00 bits per heavy atom. The van der Waals surface area contributed by atoms with Crippen LogP contribution in [-0.4, -0.2) is 38.5 Å². The Hall–Kier alpha value is -1.62. The molecule has 1 aromatic carbocycles. The van der Waals surface area contributed by atoms with Gasteiger partial charge in [-0.2, -0.15) is 0 Å². The van der Waals surface area contributed by atoms with E-state index < -0.39 is 0 Å². The van der Waals surface area contributed by atoms with Gasteiger partial charge in [0.15, 0.2) is 0 Å². The van der Waals surface area contributed by atoms with Crippen molar-refractivity contribution in [2.45, 2.75) is 6.54 Å². The number of likely N-dealkylation sites (N-methyl/N-ethyl adjacent to an activating group) is 2. The molecular formula is C12H18FN3O.